The number of amides is 6. The highest BCUT2D eigenvalue weighted by atomic mass is 32.2. The Balaban J connectivity index is 1.74. The molecule has 0 spiro atoms. The Morgan fingerprint density at radius 1 is 1.12 bits per heavy atom. The minimum atomic E-state index is -4.73. The van der Waals surface area contributed by atoms with E-state index in [9.17, 15) is 32.4 Å². The first-order chi connectivity index (χ1) is 15.0. The molecule has 32 heavy (non-hydrogen) atoms. The summed E-state index contributed by atoms with van der Waals surface area (Å²) in [5, 5.41) is 4.70. The number of imide groups is 1. The van der Waals surface area contributed by atoms with Gasteiger partial charge in [-0.05, 0) is 12.5 Å². The standard InChI is InChI=1S/C18H21N5O8S/c1-2-21-8-9-22(17(27)16(21)26)18(28)20-13(11-6-4-3-5-7-11)14(24)19-12-10-23(15(12)25)32(29,30)31/h3-7,12-13H,2,8-10H2,1H3,(H,19,24)(H,20,28)(H,29,30,31)/t12-,13?/m0/s1. The zero-order chi connectivity index (χ0) is 23.6. The molecule has 1 unspecified atom stereocenters. The molecule has 0 saturated carbocycles. The second-order valence-corrected chi connectivity index (χ2v) is 8.38. The molecule has 14 heteroatoms. The van der Waals surface area contributed by atoms with Crippen LogP contribution in [-0.2, 0) is 29.5 Å². The van der Waals surface area contributed by atoms with Crippen molar-refractivity contribution in [2.45, 2.75) is 19.0 Å². The first kappa shape index (κ1) is 23.1. The van der Waals surface area contributed by atoms with Gasteiger partial charge < -0.3 is 15.5 Å². The van der Waals surface area contributed by atoms with Crippen molar-refractivity contribution >= 4 is 40.0 Å². The fourth-order valence-electron chi connectivity index (χ4n) is 3.28. The van der Waals surface area contributed by atoms with Gasteiger partial charge in [-0.3, -0.25) is 28.6 Å². The molecule has 0 aromatic heterocycles. The van der Waals surface area contributed by atoms with Crippen molar-refractivity contribution in [2.24, 2.45) is 0 Å². The summed E-state index contributed by atoms with van der Waals surface area (Å²) >= 11 is 0. The minimum Gasteiger partial charge on any atom is -0.341 e. The number of nitrogens with one attached hydrogen (secondary N) is 2. The molecule has 172 valence electrons. The lowest BCUT2D eigenvalue weighted by molar-refractivity contribution is -0.153. The molecule has 2 atom stereocenters. The Hall–Kier alpha value is -3.52. The summed E-state index contributed by atoms with van der Waals surface area (Å²) in [6.45, 7) is 1.63. The highest BCUT2D eigenvalue weighted by Gasteiger charge is 2.45. The van der Waals surface area contributed by atoms with Gasteiger partial charge in [-0.15, -0.1) is 0 Å². The SMILES string of the molecule is CCN1CCN(C(=O)NC(C(=O)N[C@H]2CN(S(=O)(=O)O)C2=O)c2ccccc2)C(=O)C1=O. The number of benzene rings is 1. The van der Waals surface area contributed by atoms with Crippen LogP contribution in [0.25, 0.3) is 0 Å². The van der Waals surface area contributed by atoms with Crippen molar-refractivity contribution in [1.82, 2.24) is 24.7 Å². The molecule has 3 rings (SSSR count). The van der Waals surface area contributed by atoms with Crippen molar-refractivity contribution in [3.05, 3.63) is 35.9 Å². The largest absolute Gasteiger partial charge is 0.362 e. The van der Waals surface area contributed by atoms with Gasteiger partial charge in [-0.1, -0.05) is 30.3 Å². The quantitative estimate of drug-likeness (QED) is 0.251. The fraction of sp³-hybridized carbons (Fsp3) is 0.389. The van der Waals surface area contributed by atoms with E-state index in [0.29, 0.717) is 17.0 Å². The fourth-order valence-corrected chi connectivity index (χ4v) is 3.97. The van der Waals surface area contributed by atoms with Crippen LogP contribution < -0.4 is 10.6 Å². The summed E-state index contributed by atoms with van der Waals surface area (Å²) in [6.07, 6.45) is 0. The minimum absolute atomic E-state index is 0.0577. The van der Waals surface area contributed by atoms with Crippen LogP contribution in [-0.4, -0.2) is 89.0 Å². The van der Waals surface area contributed by atoms with Crippen LogP contribution in [0.15, 0.2) is 30.3 Å². The number of carbonyl (C=O) groups excluding carboxylic acids is 5. The second kappa shape index (κ2) is 8.92. The van der Waals surface area contributed by atoms with Gasteiger partial charge in [-0.2, -0.15) is 8.42 Å². The van der Waals surface area contributed by atoms with Crippen LogP contribution >= 0.6 is 0 Å². The van der Waals surface area contributed by atoms with Crippen LogP contribution in [0.3, 0.4) is 0 Å². The van der Waals surface area contributed by atoms with Crippen molar-refractivity contribution < 1.29 is 36.9 Å². The third-order valence-electron chi connectivity index (χ3n) is 5.09. The zero-order valence-corrected chi connectivity index (χ0v) is 17.7. The third-order valence-corrected chi connectivity index (χ3v) is 5.97. The van der Waals surface area contributed by atoms with Crippen LogP contribution in [0.4, 0.5) is 4.79 Å². The Labute approximate surface area is 183 Å². The van der Waals surface area contributed by atoms with E-state index in [1.54, 1.807) is 25.1 Å². The zero-order valence-electron chi connectivity index (χ0n) is 16.9. The van der Waals surface area contributed by atoms with E-state index < -0.39 is 58.6 Å². The Morgan fingerprint density at radius 2 is 1.78 bits per heavy atom. The lowest BCUT2D eigenvalue weighted by atomic mass is 10.0. The van der Waals surface area contributed by atoms with Gasteiger partial charge in [0, 0.05) is 19.6 Å². The smallest absolute Gasteiger partial charge is 0.341 e. The van der Waals surface area contributed by atoms with Crippen LogP contribution in [0.5, 0.6) is 0 Å². The second-order valence-electron chi connectivity index (χ2n) is 7.04. The third kappa shape index (κ3) is 4.55. The molecule has 3 N–H and O–H groups in total. The molecular weight excluding hydrogens is 446 g/mol. The number of hydrogen-bond donors (Lipinski definition) is 3. The van der Waals surface area contributed by atoms with E-state index in [0.717, 1.165) is 0 Å². The van der Waals surface area contributed by atoms with Gasteiger partial charge in [-0.25, -0.2) is 9.10 Å². The van der Waals surface area contributed by atoms with E-state index in [4.69, 9.17) is 4.55 Å². The maximum Gasteiger partial charge on any atom is 0.362 e. The predicted octanol–water partition coefficient (Wildman–Crippen LogP) is -1.74. The van der Waals surface area contributed by atoms with Crippen molar-refractivity contribution in [2.75, 3.05) is 26.2 Å². The molecule has 0 radical (unpaired) electrons. The monoisotopic (exact) mass is 467 g/mol. The Bertz CT molecular complexity index is 1060. The van der Waals surface area contributed by atoms with Gasteiger partial charge in [0.05, 0.1) is 6.54 Å². The number of nitrogens with zero attached hydrogens (tertiary/aromatic N) is 3. The predicted molar refractivity (Wildman–Crippen MR) is 107 cm³/mol. The summed E-state index contributed by atoms with van der Waals surface area (Å²) in [7, 11) is -4.73. The Morgan fingerprint density at radius 3 is 2.34 bits per heavy atom. The molecule has 2 aliphatic heterocycles. The normalized spacial score (nSPS) is 20.0. The first-order valence-corrected chi connectivity index (χ1v) is 11.0. The number of hydrogen-bond acceptors (Lipinski definition) is 7. The molecule has 2 heterocycles. The molecule has 2 aliphatic rings. The molecule has 0 bridgehead atoms. The summed E-state index contributed by atoms with van der Waals surface area (Å²) in [4.78, 5) is 63.8. The Kier molecular flexibility index (Phi) is 6.45. The highest BCUT2D eigenvalue weighted by molar-refractivity contribution is 7.84. The van der Waals surface area contributed by atoms with Gasteiger partial charge in [0.1, 0.15) is 12.1 Å². The number of carbonyl (C=O) groups is 5. The molecule has 2 fully saturated rings. The van der Waals surface area contributed by atoms with Gasteiger partial charge in [0.25, 0.3) is 5.91 Å². The van der Waals surface area contributed by atoms with Crippen LogP contribution in [0.1, 0.15) is 18.5 Å². The molecule has 1 aromatic rings. The average molecular weight is 467 g/mol. The number of β-lactam (4-membered cyclic amide) rings is 1. The number of rotatable bonds is 6. The molecule has 1 aromatic carbocycles. The van der Waals surface area contributed by atoms with Crippen molar-refractivity contribution in [3.63, 3.8) is 0 Å². The van der Waals surface area contributed by atoms with Crippen LogP contribution in [0.2, 0.25) is 0 Å². The summed E-state index contributed by atoms with van der Waals surface area (Å²) in [5.41, 5.74) is 0.322. The van der Waals surface area contributed by atoms with E-state index in [1.165, 1.54) is 17.0 Å². The van der Waals surface area contributed by atoms with Gasteiger partial charge >= 0.3 is 28.1 Å². The van der Waals surface area contributed by atoms with E-state index in [2.05, 4.69) is 10.6 Å². The van der Waals surface area contributed by atoms with E-state index >= 15 is 0 Å². The average Bonchev–Trinajstić information content (AvgIpc) is 2.75. The summed E-state index contributed by atoms with van der Waals surface area (Å²) < 4.78 is 31.2. The summed E-state index contributed by atoms with van der Waals surface area (Å²) in [5.74, 6) is -3.74. The van der Waals surface area contributed by atoms with Crippen molar-refractivity contribution in [3.8, 4) is 0 Å². The maximum absolute atomic E-state index is 12.8. The van der Waals surface area contributed by atoms with Gasteiger partial charge in [0.15, 0.2) is 0 Å². The summed E-state index contributed by atoms with van der Waals surface area (Å²) in [6, 6.07) is 4.40. The topological polar surface area (TPSA) is 173 Å². The maximum atomic E-state index is 12.8. The number of urea groups is 1. The number of piperazine rings is 1. The molecule has 13 nitrogen and oxygen atoms in total. The number of likely N-dealkylation sites (N-methyl/N-ethyl adjacent to an activating group) is 1. The van der Waals surface area contributed by atoms with Crippen LogP contribution in [0, 0.1) is 0 Å². The first-order valence-electron chi connectivity index (χ1n) is 9.60. The molecule has 2 saturated heterocycles. The van der Waals surface area contributed by atoms with Gasteiger partial charge in [0.2, 0.25) is 5.91 Å². The molecular formula is C18H21N5O8S. The molecule has 0 aliphatic carbocycles. The molecule has 6 amide bonds. The van der Waals surface area contributed by atoms with E-state index in [-0.39, 0.29) is 17.4 Å². The highest BCUT2D eigenvalue weighted by Crippen LogP contribution is 2.18. The van der Waals surface area contributed by atoms with E-state index in [1.807, 2.05) is 0 Å². The van der Waals surface area contributed by atoms with Crippen molar-refractivity contribution in [1.29, 1.82) is 0 Å². The lowest BCUT2D eigenvalue weighted by Gasteiger charge is -2.36. The lowest BCUT2D eigenvalue weighted by Crippen LogP contribution is -2.66.